The lowest BCUT2D eigenvalue weighted by atomic mass is 9.86. The minimum absolute atomic E-state index is 0.0467. The second kappa shape index (κ2) is 12.3. The van der Waals surface area contributed by atoms with Gasteiger partial charge in [0, 0.05) is 18.5 Å². The van der Waals surface area contributed by atoms with E-state index in [1.807, 2.05) is 91.0 Å². The van der Waals surface area contributed by atoms with E-state index in [9.17, 15) is 14.7 Å². The van der Waals surface area contributed by atoms with E-state index in [1.165, 1.54) is 10.5 Å². The molecule has 0 heterocycles. The summed E-state index contributed by atoms with van der Waals surface area (Å²) in [7, 11) is 0. The highest BCUT2D eigenvalue weighted by atomic mass is 16.4. The van der Waals surface area contributed by atoms with Gasteiger partial charge in [0.05, 0.1) is 0 Å². The van der Waals surface area contributed by atoms with E-state index in [0.717, 1.165) is 27.8 Å². The summed E-state index contributed by atoms with van der Waals surface area (Å²) in [6, 6.07) is 32.6. The number of hydrogen-bond acceptors (Lipinski definition) is 2. The van der Waals surface area contributed by atoms with Gasteiger partial charge in [0.25, 0.3) is 5.91 Å². The summed E-state index contributed by atoms with van der Waals surface area (Å²) in [6.45, 7) is 10.9. The normalized spacial score (nSPS) is 12.2. The van der Waals surface area contributed by atoms with Gasteiger partial charge in [-0.05, 0) is 56.8 Å². The van der Waals surface area contributed by atoms with E-state index in [4.69, 9.17) is 0 Å². The Balaban J connectivity index is 1.65. The molecule has 1 N–H and O–H groups in total. The molecule has 4 rings (SSSR count). The fraction of sp³-hybridized carbons (Fsp3) is 0.278. The largest absolute Gasteiger partial charge is 0.480 e. The van der Waals surface area contributed by atoms with E-state index < -0.39 is 12.0 Å². The molecule has 0 aliphatic heterocycles. The molecule has 40 heavy (non-hydrogen) atoms. The first-order valence-electron chi connectivity index (χ1n) is 13.9. The topological polar surface area (TPSA) is 57.6 Å². The molecule has 0 saturated carbocycles. The third kappa shape index (κ3) is 7.06. The lowest BCUT2D eigenvalue weighted by molar-refractivity contribution is -0.142. The summed E-state index contributed by atoms with van der Waals surface area (Å²) < 4.78 is 0. The Morgan fingerprint density at radius 1 is 0.725 bits per heavy atom. The maximum atomic E-state index is 13.9. The highest BCUT2D eigenvalue weighted by Crippen LogP contribution is 2.25. The van der Waals surface area contributed by atoms with Crippen LogP contribution in [0.25, 0.3) is 11.1 Å². The SMILES string of the molecule is CC(C)c1ccc(CN(C(=O)c2ccc(C(C)(C)C)cc2)[C@H](Cc2ccc(-c3ccccc3)cc2)C(=O)O)cc1. The van der Waals surface area contributed by atoms with Crippen LogP contribution in [-0.2, 0) is 23.2 Å². The highest BCUT2D eigenvalue weighted by Gasteiger charge is 2.31. The van der Waals surface area contributed by atoms with Crippen molar-refractivity contribution in [3.8, 4) is 11.1 Å². The number of aliphatic carboxylic acids is 1. The van der Waals surface area contributed by atoms with Crippen molar-refractivity contribution in [2.75, 3.05) is 0 Å². The third-order valence-electron chi connectivity index (χ3n) is 7.41. The molecule has 4 nitrogen and oxygen atoms in total. The third-order valence-corrected chi connectivity index (χ3v) is 7.41. The smallest absolute Gasteiger partial charge is 0.326 e. The van der Waals surface area contributed by atoms with Crippen LogP contribution in [0.1, 0.15) is 73.1 Å². The Morgan fingerprint density at radius 2 is 1.27 bits per heavy atom. The van der Waals surface area contributed by atoms with E-state index in [1.54, 1.807) is 0 Å². The highest BCUT2D eigenvalue weighted by molar-refractivity contribution is 5.96. The molecular formula is C36H39NO3. The van der Waals surface area contributed by atoms with Gasteiger partial charge in [0.15, 0.2) is 0 Å². The van der Waals surface area contributed by atoms with Crippen LogP contribution >= 0.6 is 0 Å². The first-order chi connectivity index (χ1) is 19.0. The Kier molecular flexibility index (Phi) is 8.89. The van der Waals surface area contributed by atoms with E-state index in [0.29, 0.717) is 11.5 Å². The molecule has 0 aliphatic rings. The van der Waals surface area contributed by atoms with Gasteiger partial charge < -0.3 is 10.0 Å². The van der Waals surface area contributed by atoms with Crippen molar-refractivity contribution in [1.82, 2.24) is 4.90 Å². The van der Waals surface area contributed by atoms with Crippen LogP contribution in [0.3, 0.4) is 0 Å². The molecule has 1 amide bonds. The fourth-order valence-electron chi connectivity index (χ4n) is 4.82. The van der Waals surface area contributed by atoms with Gasteiger partial charge >= 0.3 is 5.97 Å². The van der Waals surface area contributed by atoms with Gasteiger partial charge in [-0.25, -0.2) is 4.79 Å². The maximum absolute atomic E-state index is 13.9. The number of carbonyl (C=O) groups excluding carboxylic acids is 1. The quantitative estimate of drug-likeness (QED) is 0.236. The van der Waals surface area contributed by atoms with Crippen LogP contribution in [0, 0.1) is 0 Å². The number of amides is 1. The Labute approximate surface area is 238 Å². The molecule has 4 aromatic carbocycles. The number of carboxylic acid groups (broad SMARTS) is 1. The zero-order chi connectivity index (χ0) is 28.9. The minimum Gasteiger partial charge on any atom is -0.480 e. The van der Waals surface area contributed by atoms with Gasteiger partial charge in [-0.1, -0.05) is 126 Å². The van der Waals surface area contributed by atoms with Crippen LogP contribution in [0.5, 0.6) is 0 Å². The Hall–Kier alpha value is -4.18. The lowest BCUT2D eigenvalue weighted by Gasteiger charge is -2.30. The fourth-order valence-corrected chi connectivity index (χ4v) is 4.82. The number of rotatable bonds is 9. The molecular weight excluding hydrogens is 494 g/mol. The van der Waals surface area contributed by atoms with Crippen molar-refractivity contribution in [1.29, 1.82) is 0 Å². The van der Waals surface area contributed by atoms with Gasteiger partial charge in [0.2, 0.25) is 0 Å². The monoisotopic (exact) mass is 533 g/mol. The molecule has 4 heteroatoms. The molecule has 0 aromatic heterocycles. The summed E-state index contributed by atoms with van der Waals surface area (Å²) in [5.74, 6) is -0.925. The summed E-state index contributed by atoms with van der Waals surface area (Å²) in [5.41, 5.74) is 6.68. The molecule has 0 aliphatic carbocycles. The molecule has 0 spiro atoms. The van der Waals surface area contributed by atoms with Gasteiger partial charge in [-0.2, -0.15) is 0 Å². The molecule has 4 aromatic rings. The van der Waals surface area contributed by atoms with Crippen LogP contribution in [0.4, 0.5) is 0 Å². The standard InChI is InChI=1S/C36H39NO3/c1-25(2)28-15-13-27(14-16-28)24-37(34(38)31-19-21-32(22-20-31)36(3,4)5)33(35(39)40)23-26-11-17-30(18-12-26)29-9-7-6-8-10-29/h6-22,25,33H,23-24H2,1-5H3,(H,39,40)/t33-/m1/s1. The number of nitrogens with zero attached hydrogens (tertiary/aromatic N) is 1. The number of carbonyl (C=O) groups is 2. The maximum Gasteiger partial charge on any atom is 0.326 e. The second-order valence-corrected chi connectivity index (χ2v) is 11.8. The molecule has 206 valence electrons. The van der Waals surface area contributed by atoms with Crippen LogP contribution in [-0.4, -0.2) is 27.9 Å². The van der Waals surface area contributed by atoms with Crippen LogP contribution < -0.4 is 0 Å². The van der Waals surface area contributed by atoms with Crippen molar-refractivity contribution in [3.63, 3.8) is 0 Å². The molecule has 1 atom stereocenters. The van der Waals surface area contributed by atoms with E-state index in [-0.39, 0.29) is 24.3 Å². The summed E-state index contributed by atoms with van der Waals surface area (Å²) in [6.07, 6.45) is 0.209. The van der Waals surface area contributed by atoms with Crippen LogP contribution in [0.2, 0.25) is 0 Å². The van der Waals surface area contributed by atoms with Crippen molar-refractivity contribution in [2.24, 2.45) is 0 Å². The Bertz CT molecular complexity index is 1420. The first-order valence-corrected chi connectivity index (χ1v) is 13.9. The van der Waals surface area contributed by atoms with Gasteiger partial charge in [-0.3, -0.25) is 4.79 Å². The summed E-state index contributed by atoms with van der Waals surface area (Å²) >= 11 is 0. The van der Waals surface area contributed by atoms with E-state index >= 15 is 0 Å². The second-order valence-electron chi connectivity index (χ2n) is 11.8. The molecule has 0 unspecified atom stereocenters. The van der Waals surface area contributed by atoms with Gasteiger partial charge in [0.1, 0.15) is 6.04 Å². The predicted octanol–water partition coefficient (Wildman–Crippen LogP) is 8.11. The van der Waals surface area contributed by atoms with Crippen molar-refractivity contribution >= 4 is 11.9 Å². The summed E-state index contributed by atoms with van der Waals surface area (Å²) in [5, 5.41) is 10.4. The Morgan fingerprint density at radius 3 is 1.80 bits per heavy atom. The number of benzene rings is 4. The minimum atomic E-state index is -1.03. The predicted molar refractivity (Wildman–Crippen MR) is 163 cm³/mol. The zero-order valence-corrected chi connectivity index (χ0v) is 24.1. The first kappa shape index (κ1) is 28.8. The molecule has 0 radical (unpaired) electrons. The summed E-state index contributed by atoms with van der Waals surface area (Å²) in [4.78, 5) is 28.1. The number of hydrogen-bond donors (Lipinski definition) is 1. The lowest BCUT2D eigenvalue weighted by Crippen LogP contribution is -2.46. The van der Waals surface area contributed by atoms with Crippen molar-refractivity contribution in [2.45, 2.75) is 65.0 Å². The van der Waals surface area contributed by atoms with Crippen LogP contribution in [0.15, 0.2) is 103 Å². The van der Waals surface area contributed by atoms with Crippen molar-refractivity contribution < 1.29 is 14.7 Å². The van der Waals surface area contributed by atoms with E-state index in [2.05, 4.69) is 46.8 Å². The number of carboxylic acids is 1. The molecule has 0 bridgehead atoms. The molecule has 0 saturated heterocycles. The van der Waals surface area contributed by atoms with Crippen molar-refractivity contribution in [3.05, 3.63) is 131 Å². The van der Waals surface area contributed by atoms with Gasteiger partial charge in [-0.15, -0.1) is 0 Å². The average molecular weight is 534 g/mol. The zero-order valence-electron chi connectivity index (χ0n) is 24.1. The average Bonchev–Trinajstić information content (AvgIpc) is 2.95. The molecule has 0 fully saturated rings.